The molecule has 0 spiro atoms. The number of nitrogens with one attached hydrogen (secondary N) is 1. The van der Waals surface area contributed by atoms with Gasteiger partial charge in [0.05, 0.1) is 6.10 Å². The number of benzene rings is 1. The summed E-state index contributed by atoms with van der Waals surface area (Å²) in [6.07, 6.45) is 1.91. The number of aliphatic hydroxyl groups is 1. The van der Waals surface area contributed by atoms with Crippen molar-refractivity contribution in [2.24, 2.45) is 0 Å². The summed E-state index contributed by atoms with van der Waals surface area (Å²) in [5.74, 6) is 0. The molecule has 0 aliphatic heterocycles. The lowest BCUT2D eigenvalue weighted by Crippen LogP contribution is -2.23. The van der Waals surface area contributed by atoms with E-state index in [1.54, 1.807) is 6.07 Å². The molecule has 0 heterocycles. The zero-order valence-corrected chi connectivity index (χ0v) is 10.6. The molecule has 0 amide bonds. The van der Waals surface area contributed by atoms with Crippen LogP contribution in [0.2, 0.25) is 5.02 Å². The van der Waals surface area contributed by atoms with E-state index in [4.69, 9.17) is 11.6 Å². The molecule has 2 rings (SSSR count). The van der Waals surface area contributed by atoms with Gasteiger partial charge in [-0.15, -0.1) is 0 Å². The quantitative estimate of drug-likeness (QED) is 0.894. The topological polar surface area (TPSA) is 32.3 Å². The van der Waals surface area contributed by atoms with E-state index in [0.29, 0.717) is 17.6 Å². The molecule has 1 unspecified atom stereocenters. The molecule has 1 aromatic carbocycles. The minimum absolute atomic E-state index is 0.532. The molecule has 1 fully saturated rings. The average Bonchev–Trinajstić information content (AvgIpc) is 3.02. The van der Waals surface area contributed by atoms with Crippen LogP contribution in [0.15, 0.2) is 22.7 Å². The molecule has 1 aromatic rings. The number of hydrogen-bond acceptors (Lipinski definition) is 2. The fourth-order valence-corrected chi connectivity index (χ4v) is 2.07. The van der Waals surface area contributed by atoms with Crippen molar-refractivity contribution in [2.75, 3.05) is 6.54 Å². The lowest BCUT2D eigenvalue weighted by Gasteiger charge is -2.13. The minimum atomic E-state index is -0.532. The third-order valence-electron chi connectivity index (χ3n) is 2.49. The van der Waals surface area contributed by atoms with Crippen LogP contribution in [-0.4, -0.2) is 17.7 Å². The highest BCUT2D eigenvalue weighted by atomic mass is 79.9. The van der Waals surface area contributed by atoms with Crippen LogP contribution in [0.25, 0.3) is 0 Å². The molecule has 1 saturated carbocycles. The van der Waals surface area contributed by atoms with Crippen LogP contribution in [0.5, 0.6) is 0 Å². The van der Waals surface area contributed by atoms with Crippen molar-refractivity contribution < 1.29 is 5.11 Å². The first-order chi connectivity index (χ1) is 7.16. The molecular weight excluding hydrogens is 277 g/mol. The second kappa shape index (κ2) is 4.83. The summed E-state index contributed by atoms with van der Waals surface area (Å²) in [7, 11) is 0. The largest absolute Gasteiger partial charge is 0.387 e. The Hall–Kier alpha value is -0.0900. The second-order valence-corrected chi connectivity index (χ2v) is 5.19. The maximum atomic E-state index is 9.93. The third kappa shape index (κ3) is 3.18. The molecule has 4 heteroatoms. The van der Waals surface area contributed by atoms with Gasteiger partial charge in [0, 0.05) is 27.6 Å². The summed E-state index contributed by atoms with van der Waals surface area (Å²) in [6.45, 7) is 0.570. The van der Waals surface area contributed by atoms with Crippen molar-refractivity contribution in [3.05, 3.63) is 33.3 Å². The summed E-state index contributed by atoms with van der Waals surface area (Å²) in [5.41, 5.74) is 0.777. The number of aliphatic hydroxyl groups excluding tert-OH is 1. The van der Waals surface area contributed by atoms with Gasteiger partial charge in [-0.2, -0.15) is 0 Å². The summed E-state index contributed by atoms with van der Waals surface area (Å²) in [4.78, 5) is 0. The van der Waals surface area contributed by atoms with Crippen molar-refractivity contribution in [1.29, 1.82) is 0 Å². The van der Waals surface area contributed by atoms with E-state index in [0.717, 1.165) is 10.0 Å². The summed E-state index contributed by atoms with van der Waals surface area (Å²) in [5, 5.41) is 13.8. The van der Waals surface area contributed by atoms with Gasteiger partial charge in [0.25, 0.3) is 0 Å². The van der Waals surface area contributed by atoms with Gasteiger partial charge >= 0.3 is 0 Å². The highest BCUT2D eigenvalue weighted by molar-refractivity contribution is 9.10. The summed E-state index contributed by atoms with van der Waals surface area (Å²) >= 11 is 9.38. The summed E-state index contributed by atoms with van der Waals surface area (Å²) < 4.78 is 0.937. The van der Waals surface area contributed by atoms with Gasteiger partial charge in [-0.1, -0.05) is 27.5 Å². The van der Waals surface area contributed by atoms with Gasteiger partial charge in [-0.05, 0) is 31.0 Å². The van der Waals surface area contributed by atoms with Gasteiger partial charge in [-0.25, -0.2) is 0 Å². The average molecular weight is 291 g/mol. The molecule has 1 aliphatic carbocycles. The van der Waals surface area contributed by atoms with Crippen LogP contribution in [0, 0.1) is 0 Å². The van der Waals surface area contributed by atoms with Gasteiger partial charge in [-0.3, -0.25) is 0 Å². The van der Waals surface area contributed by atoms with Crippen LogP contribution >= 0.6 is 27.5 Å². The zero-order valence-electron chi connectivity index (χ0n) is 8.21. The molecule has 82 valence electrons. The van der Waals surface area contributed by atoms with E-state index >= 15 is 0 Å². The first kappa shape index (κ1) is 11.4. The van der Waals surface area contributed by atoms with E-state index in [-0.39, 0.29) is 0 Å². The number of rotatable bonds is 4. The highest BCUT2D eigenvalue weighted by Crippen LogP contribution is 2.27. The van der Waals surface area contributed by atoms with E-state index in [2.05, 4.69) is 21.2 Å². The SMILES string of the molecule is OC(CNC1CC1)c1cc(Br)ccc1Cl. The normalized spacial score (nSPS) is 17.8. The molecular formula is C11H13BrClNO. The lowest BCUT2D eigenvalue weighted by atomic mass is 10.1. The van der Waals surface area contributed by atoms with E-state index in [9.17, 15) is 5.11 Å². The van der Waals surface area contributed by atoms with E-state index in [1.807, 2.05) is 12.1 Å². The predicted octanol–water partition coefficient (Wildman–Crippen LogP) is 2.89. The van der Waals surface area contributed by atoms with Crippen molar-refractivity contribution in [1.82, 2.24) is 5.32 Å². The van der Waals surface area contributed by atoms with E-state index in [1.165, 1.54) is 12.8 Å². The molecule has 2 N–H and O–H groups in total. The molecule has 0 saturated heterocycles. The molecule has 1 atom stereocenters. The predicted molar refractivity (Wildman–Crippen MR) is 65.1 cm³/mol. The monoisotopic (exact) mass is 289 g/mol. The van der Waals surface area contributed by atoms with Gasteiger partial charge in [0.2, 0.25) is 0 Å². The Labute approximate surface area is 103 Å². The minimum Gasteiger partial charge on any atom is -0.387 e. The number of hydrogen-bond donors (Lipinski definition) is 2. The van der Waals surface area contributed by atoms with Gasteiger partial charge in [0.1, 0.15) is 0 Å². The maximum absolute atomic E-state index is 9.93. The lowest BCUT2D eigenvalue weighted by molar-refractivity contribution is 0.174. The van der Waals surface area contributed by atoms with Crippen LogP contribution in [-0.2, 0) is 0 Å². The molecule has 15 heavy (non-hydrogen) atoms. The van der Waals surface area contributed by atoms with Crippen LogP contribution in [0.4, 0.5) is 0 Å². The fraction of sp³-hybridized carbons (Fsp3) is 0.455. The van der Waals surface area contributed by atoms with Crippen molar-refractivity contribution in [3.8, 4) is 0 Å². The zero-order chi connectivity index (χ0) is 10.8. The van der Waals surface area contributed by atoms with Crippen molar-refractivity contribution in [2.45, 2.75) is 25.0 Å². The van der Waals surface area contributed by atoms with Gasteiger partial charge < -0.3 is 10.4 Å². The Kier molecular flexibility index (Phi) is 3.67. The summed E-state index contributed by atoms with van der Waals surface area (Å²) in [6, 6.07) is 6.13. The van der Waals surface area contributed by atoms with Crippen molar-refractivity contribution >= 4 is 27.5 Å². The Morgan fingerprint density at radius 2 is 2.27 bits per heavy atom. The Morgan fingerprint density at radius 3 is 2.93 bits per heavy atom. The Morgan fingerprint density at radius 1 is 1.53 bits per heavy atom. The van der Waals surface area contributed by atoms with Gasteiger partial charge in [0.15, 0.2) is 0 Å². The Balaban J connectivity index is 2.02. The second-order valence-electron chi connectivity index (χ2n) is 3.86. The molecule has 2 nitrogen and oxygen atoms in total. The molecule has 0 radical (unpaired) electrons. The first-order valence-electron chi connectivity index (χ1n) is 5.03. The molecule has 1 aliphatic rings. The molecule has 0 bridgehead atoms. The number of halogens is 2. The standard InChI is InChI=1S/C11H13BrClNO/c12-7-1-4-10(13)9(5-7)11(15)6-14-8-2-3-8/h1,4-5,8,11,14-15H,2-3,6H2. The highest BCUT2D eigenvalue weighted by Gasteiger charge is 2.22. The van der Waals surface area contributed by atoms with E-state index < -0.39 is 6.10 Å². The Bertz CT molecular complexity index is 354. The van der Waals surface area contributed by atoms with Crippen LogP contribution in [0.3, 0.4) is 0 Å². The first-order valence-corrected chi connectivity index (χ1v) is 6.20. The van der Waals surface area contributed by atoms with Crippen LogP contribution in [0.1, 0.15) is 24.5 Å². The smallest absolute Gasteiger partial charge is 0.0929 e. The fourth-order valence-electron chi connectivity index (χ4n) is 1.45. The third-order valence-corrected chi connectivity index (χ3v) is 3.33. The van der Waals surface area contributed by atoms with Crippen molar-refractivity contribution in [3.63, 3.8) is 0 Å². The van der Waals surface area contributed by atoms with Crippen LogP contribution < -0.4 is 5.32 Å². The molecule has 0 aromatic heterocycles. The maximum Gasteiger partial charge on any atom is 0.0929 e.